The van der Waals surface area contributed by atoms with Gasteiger partial charge in [0.2, 0.25) is 15.9 Å². The molecule has 218 valence electrons. The van der Waals surface area contributed by atoms with Crippen LogP contribution in [0.25, 0.3) is 0 Å². The summed E-state index contributed by atoms with van der Waals surface area (Å²) in [5.74, 6) is 0.675. The van der Waals surface area contributed by atoms with Gasteiger partial charge in [-0.2, -0.15) is 0 Å². The van der Waals surface area contributed by atoms with Crippen molar-refractivity contribution in [2.24, 2.45) is 0 Å². The summed E-state index contributed by atoms with van der Waals surface area (Å²) in [4.78, 5) is 22.1. The molecular formula is C32H34N4O5S. The maximum absolute atomic E-state index is 13.6. The van der Waals surface area contributed by atoms with E-state index in [4.69, 9.17) is 4.74 Å². The second-order valence-corrected chi connectivity index (χ2v) is 12.1. The molecule has 0 saturated carbocycles. The minimum Gasteiger partial charge on any atom is -0.439 e. The summed E-state index contributed by atoms with van der Waals surface area (Å²) < 4.78 is 31.0. The number of amides is 1. The molecule has 4 aromatic rings. The van der Waals surface area contributed by atoms with Gasteiger partial charge < -0.3 is 14.7 Å². The summed E-state index contributed by atoms with van der Waals surface area (Å²) in [6.07, 6.45) is 3.22. The molecule has 1 aliphatic heterocycles. The second-order valence-electron chi connectivity index (χ2n) is 10.4. The summed E-state index contributed by atoms with van der Waals surface area (Å²) >= 11 is 0. The summed E-state index contributed by atoms with van der Waals surface area (Å²) in [5.41, 5.74) is 2.88. The molecule has 2 heterocycles. The smallest absolute Gasteiger partial charge is 0.260 e. The highest BCUT2D eigenvalue weighted by atomic mass is 32.2. The standard InChI is InChI=1S/C32H34N4O5S/c1-42(39,40)34-26-13-15-29(16-14-26)41-30-17-12-24(22-33-30)23-35-20-18-28(19-21-35)36(27-10-6-3-7-11-27)32(38)31(37)25-8-4-2-5-9-25/h2-17,22,28,31,34,37H,18-21,23H2,1H3. The number of piperidine rings is 1. The number of aromatic nitrogens is 1. The van der Waals surface area contributed by atoms with Crippen LogP contribution in [0.1, 0.15) is 30.1 Å². The number of hydrogen-bond acceptors (Lipinski definition) is 7. The summed E-state index contributed by atoms with van der Waals surface area (Å²) in [5, 5.41) is 10.9. The van der Waals surface area contributed by atoms with Crippen LogP contribution in [0.5, 0.6) is 11.6 Å². The maximum atomic E-state index is 13.6. The van der Waals surface area contributed by atoms with Crippen LogP contribution in [0.3, 0.4) is 0 Å². The summed E-state index contributed by atoms with van der Waals surface area (Å²) in [6, 6.07) is 29.0. The molecular weight excluding hydrogens is 552 g/mol. The highest BCUT2D eigenvalue weighted by Crippen LogP contribution is 2.29. The van der Waals surface area contributed by atoms with E-state index in [9.17, 15) is 18.3 Å². The van der Waals surface area contributed by atoms with E-state index in [1.165, 1.54) is 0 Å². The van der Waals surface area contributed by atoms with Gasteiger partial charge >= 0.3 is 0 Å². The Morgan fingerprint density at radius 3 is 2.21 bits per heavy atom. The quantitative estimate of drug-likeness (QED) is 0.270. The van der Waals surface area contributed by atoms with Gasteiger partial charge in [0.05, 0.1) is 6.26 Å². The highest BCUT2D eigenvalue weighted by molar-refractivity contribution is 7.92. The number of aliphatic hydroxyl groups excluding tert-OH is 1. The van der Waals surface area contributed by atoms with Gasteiger partial charge in [-0.3, -0.25) is 14.4 Å². The van der Waals surface area contributed by atoms with E-state index >= 15 is 0 Å². The van der Waals surface area contributed by atoms with Crippen molar-refractivity contribution in [2.45, 2.75) is 31.5 Å². The molecule has 1 aromatic heterocycles. The average Bonchev–Trinajstić information content (AvgIpc) is 3.00. The van der Waals surface area contributed by atoms with Gasteiger partial charge in [0.25, 0.3) is 5.91 Å². The number of anilines is 2. The second kappa shape index (κ2) is 13.2. The zero-order chi connectivity index (χ0) is 29.5. The fourth-order valence-electron chi connectivity index (χ4n) is 5.10. The predicted molar refractivity (Wildman–Crippen MR) is 163 cm³/mol. The molecule has 1 fully saturated rings. The Balaban J connectivity index is 1.18. The van der Waals surface area contributed by atoms with Gasteiger partial charge in [-0.05, 0) is 60.4 Å². The number of sulfonamides is 1. The third kappa shape index (κ3) is 7.73. The molecule has 0 bridgehead atoms. The van der Waals surface area contributed by atoms with Crippen LogP contribution in [0.4, 0.5) is 11.4 Å². The first-order chi connectivity index (χ1) is 20.2. The van der Waals surface area contributed by atoms with E-state index in [0.29, 0.717) is 22.9 Å². The van der Waals surface area contributed by atoms with Crippen molar-refractivity contribution < 1.29 is 23.1 Å². The Hall–Kier alpha value is -4.25. The van der Waals surface area contributed by atoms with Gasteiger partial charge in [0.1, 0.15) is 5.75 Å². The lowest BCUT2D eigenvalue weighted by Gasteiger charge is -2.39. The zero-order valence-corrected chi connectivity index (χ0v) is 24.2. The molecule has 2 N–H and O–H groups in total. The van der Waals surface area contributed by atoms with Gasteiger partial charge in [0.15, 0.2) is 6.10 Å². The molecule has 5 rings (SSSR count). The molecule has 0 radical (unpaired) electrons. The molecule has 9 nitrogen and oxygen atoms in total. The molecule has 0 spiro atoms. The number of carbonyl (C=O) groups is 1. The first-order valence-corrected chi connectivity index (χ1v) is 15.7. The van der Waals surface area contributed by atoms with E-state index in [2.05, 4.69) is 14.6 Å². The summed E-state index contributed by atoms with van der Waals surface area (Å²) in [6.45, 7) is 2.32. The number of likely N-dealkylation sites (tertiary alicyclic amines) is 1. The number of rotatable bonds is 10. The van der Waals surface area contributed by atoms with Gasteiger partial charge in [-0.15, -0.1) is 0 Å². The van der Waals surface area contributed by atoms with Crippen molar-refractivity contribution in [1.82, 2.24) is 9.88 Å². The van der Waals surface area contributed by atoms with Crippen molar-refractivity contribution in [3.05, 3.63) is 114 Å². The van der Waals surface area contributed by atoms with Crippen LogP contribution in [0.2, 0.25) is 0 Å². The monoisotopic (exact) mass is 586 g/mol. The minimum absolute atomic E-state index is 0.0255. The lowest BCUT2D eigenvalue weighted by Crippen LogP contribution is -2.49. The third-order valence-corrected chi connectivity index (χ3v) is 7.73. The molecule has 42 heavy (non-hydrogen) atoms. The molecule has 0 aliphatic carbocycles. The Morgan fingerprint density at radius 1 is 0.976 bits per heavy atom. The number of para-hydroxylation sites is 1. The van der Waals surface area contributed by atoms with Crippen LogP contribution in [-0.2, 0) is 21.4 Å². The van der Waals surface area contributed by atoms with E-state index in [1.807, 2.05) is 60.7 Å². The number of nitrogens with zero attached hydrogens (tertiary/aromatic N) is 3. The molecule has 10 heteroatoms. The van der Waals surface area contributed by atoms with Crippen molar-refractivity contribution in [3.63, 3.8) is 0 Å². The zero-order valence-electron chi connectivity index (χ0n) is 23.3. The number of aliphatic hydroxyl groups is 1. The number of carbonyl (C=O) groups excluding carboxylic acids is 1. The van der Waals surface area contributed by atoms with Crippen LogP contribution in [0, 0.1) is 0 Å². The fourth-order valence-corrected chi connectivity index (χ4v) is 5.66. The van der Waals surface area contributed by atoms with Crippen LogP contribution in [0.15, 0.2) is 103 Å². The average molecular weight is 587 g/mol. The largest absolute Gasteiger partial charge is 0.439 e. The highest BCUT2D eigenvalue weighted by Gasteiger charge is 2.33. The van der Waals surface area contributed by atoms with Gasteiger partial charge in [-0.1, -0.05) is 54.6 Å². The molecule has 1 atom stereocenters. The SMILES string of the molecule is CS(=O)(=O)Nc1ccc(Oc2ccc(CN3CCC(N(C(=O)C(O)c4ccccc4)c4ccccc4)CC3)cn2)cc1. The van der Waals surface area contributed by atoms with Gasteiger partial charge in [0, 0.05) is 49.3 Å². The number of nitrogens with one attached hydrogen (secondary N) is 1. The van der Waals surface area contributed by atoms with Crippen molar-refractivity contribution in [2.75, 3.05) is 29.0 Å². The van der Waals surface area contributed by atoms with Crippen molar-refractivity contribution >= 4 is 27.3 Å². The Bertz CT molecular complexity index is 1560. The molecule has 1 aliphatic rings. The normalized spacial score (nSPS) is 15.1. The lowest BCUT2D eigenvalue weighted by molar-refractivity contribution is -0.127. The molecule has 3 aromatic carbocycles. The van der Waals surface area contributed by atoms with Crippen molar-refractivity contribution in [3.8, 4) is 11.6 Å². The fraction of sp³-hybridized carbons (Fsp3) is 0.250. The Kier molecular flexibility index (Phi) is 9.16. The van der Waals surface area contributed by atoms with Gasteiger partial charge in [-0.25, -0.2) is 13.4 Å². The Morgan fingerprint density at radius 2 is 1.62 bits per heavy atom. The van der Waals surface area contributed by atoms with E-state index in [0.717, 1.165) is 50.0 Å². The molecule has 1 unspecified atom stereocenters. The van der Waals surface area contributed by atoms with E-state index < -0.39 is 16.1 Å². The van der Waals surface area contributed by atoms with Crippen LogP contribution >= 0.6 is 0 Å². The maximum Gasteiger partial charge on any atom is 0.260 e. The number of pyridine rings is 1. The third-order valence-electron chi connectivity index (χ3n) is 7.13. The summed E-state index contributed by atoms with van der Waals surface area (Å²) in [7, 11) is -3.34. The minimum atomic E-state index is -3.34. The lowest BCUT2D eigenvalue weighted by atomic mass is 9.99. The molecule has 1 amide bonds. The number of hydrogen-bond donors (Lipinski definition) is 2. The predicted octanol–water partition coefficient (Wildman–Crippen LogP) is 4.98. The van der Waals surface area contributed by atoms with Crippen LogP contribution in [-0.4, -0.2) is 54.7 Å². The number of ether oxygens (including phenoxy) is 1. The molecule has 1 saturated heterocycles. The first kappa shape index (κ1) is 29.2. The topological polar surface area (TPSA) is 112 Å². The van der Waals surface area contributed by atoms with E-state index in [1.54, 1.807) is 47.5 Å². The Labute approximate surface area is 246 Å². The van der Waals surface area contributed by atoms with Crippen LogP contribution < -0.4 is 14.4 Å². The van der Waals surface area contributed by atoms with E-state index in [-0.39, 0.29) is 11.9 Å². The van der Waals surface area contributed by atoms with Crippen molar-refractivity contribution in [1.29, 1.82) is 0 Å². The number of benzene rings is 3. The first-order valence-electron chi connectivity index (χ1n) is 13.8.